The second-order valence-electron chi connectivity index (χ2n) is 6.20. The van der Waals surface area contributed by atoms with Crippen LogP contribution in [0.4, 0.5) is 10.5 Å². The van der Waals surface area contributed by atoms with Gasteiger partial charge in [-0.1, -0.05) is 23.4 Å². The molecule has 28 heavy (non-hydrogen) atoms. The number of aryl methyl sites for hydroxylation is 1. The Hall–Kier alpha value is -3.20. The molecular weight excluding hydrogens is 380 g/mol. The van der Waals surface area contributed by atoms with E-state index in [0.29, 0.717) is 37.8 Å². The second kappa shape index (κ2) is 8.22. The molecule has 0 unspecified atom stereocenters. The fourth-order valence-electron chi connectivity index (χ4n) is 2.83. The fourth-order valence-corrected chi connectivity index (χ4v) is 3.48. The highest BCUT2D eigenvalue weighted by Crippen LogP contribution is 2.22. The number of carbonyl (C=O) groups excluding carboxylic acids is 2. The standard InChI is InChI=1S/C19H18N4O4S/c24-16(6-7-17-21-18(22-27-17)15-5-2-10-28-15)20-12-13-3-1-4-14(11-13)23-8-9-26-19(23)25/h1-5,10-11H,6-9,12H2,(H,20,24). The van der Waals surface area contributed by atoms with Gasteiger partial charge in [0.1, 0.15) is 6.61 Å². The lowest BCUT2D eigenvalue weighted by molar-refractivity contribution is -0.121. The van der Waals surface area contributed by atoms with E-state index in [2.05, 4.69) is 15.5 Å². The first-order valence-corrected chi connectivity index (χ1v) is 9.73. The third kappa shape index (κ3) is 4.20. The lowest BCUT2D eigenvalue weighted by Crippen LogP contribution is -2.25. The number of aromatic nitrogens is 2. The molecule has 2 amide bonds. The molecule has 0 atom stereocenters. The van der Waals surface area contributed by atoms with E-state index in [1.807, 2.05) is 41.8 Å². The quantitative estimate of drug-likeness (QED) is 0.657. The highest BCUT2D eigenvalue weighted by atomic mass is 32.1. The Morgan fingerprint density at radius 1 is 1.29 bits per heavy atom. The minimum Gasteiger partial charge on any atom is -0.447 e. The van der Waals surface area contributed by atoms with Gasteiger partial charge < -0.3 is 14.6 Å². The Labute approximate surface area is 165 Å². The van der Waals surface area contributed by atoms with Crippen LogP contribution in [0.3, 0.4) is 0 Å². The zero-order valence-corrected chi connectivity index (χ0v) is 15.8. The molecule has 3 aromatic rings. The molecule has 3 heterocycles. The van der Waals surface area contributed by atoms with Gasteiger partial charge in [0.15, 0.2) is 0 Å². The molecule has 1 aliphatic heterocycles. The predicted octanol–water partition coefficient (Wildman–Crippen LogP) is 3.00. The third-order valence-corrected chi connectivity index (χ3v) is 5.11. The Bertz CT molecular complexity index is 970. The Balaban J connectivity index is 1.27. The number of amides is 2. The zero-order valence-electron chi connectivity index (χ0n) is 15.0. The number of cyclic esters (lactones) is 1. The number of rotatable bonds is 7. The van der Waals surface area contributed by atoms with E-state index in [4.69, 9.17) is 9.26 Å². The molecule has 0 saturated carbocycles. The zero-order chi connectivity index (χ0) is 19.3. The molecule has 0 radical (unpaired) electrons. The maximum absolute atomic E-state index is 12.1. The van der Waals surface area contributed by atoms with Crippen molar-refractivity contribution in [2.24, 2.45) is 0 Å². The van der Waals surface area contributed by atoms with Crippen LogP contribution in [0.1, 0.15) is 17.9 Å². The maximum Gasteiger partial charge on any atom is 0.414 e. The van der Waals surface area contributed by atoms with Gasteiger partial charge >= 0.3 is 6.09 Å². The van der Waals surface area contributed by atoms with E-state index < -0.39 is 0 Å². The smallest absolute Gasteiger partial charge is 0.414 e. The first-order valence-electron chi connectivity index (χ1n) is 8.85. The van der Waals surface area contributed by atoms with Crippen LogP contribution in [-0.4, -0.2) is 35.3 Å². The molecule has 4 rings (SSSR count). The van der Waals surface area contributed by atoms with Gasteiger partial charge in [-0.15, -0.1) is 11.3 Å². The number of anilines is 1. The SMILES string of the molecule is O=C(CCc1nc(-c2cccs2)no1)NCc1cccc(N2CCOC2=O)c1. The minimum atomic E-state index is -0.345. The fraction of sp³-hybridized carbons (Fsp3) is 0.263. The van der Waals surface area contributed by atoms with Gasteiger partial charge in [-0.05, 0) is 29.1 Å². The summed E-state index contributed by atoms with van der Waals surface area (Å²) in [4.78, 5) is 30.6. The summed E-state index contributed by atoms with van der Waals surface area (Å²) in [6.45, 7) is 1.30. The topological polar surface area (TPSA) is 97.6 Å². The van der Waals surface area contributed by atoms with Crippen LogP contribution in [0, 0.1) is 0 Å². The van der Waals surface area contributed by atoms with Crippen LogP contribution < -0.4 is 10.2 Å². The van der Waals surface area contributed by atoms with E-state index in [1.165, 1.54) is 11.3 Å². The molecule has 1 fully saturated rings. The summed E-state index contributed by atoms with van der Waals surface area (Å²) in [5, 5.41) is 8.75. The van der Waals surface area contributed by atoms with E-state index >= 15 is 0 Å². The van der Waals surface area contributed by atoms with Crippen molar-refractivity contribution >= 4 is 29.0 Å². The number of thiophene rings is 1. The van der Waals surface area contributed by atoms with Crippen molar-refractivity contribution < 1.29 is 18.8 Å². The van der Waals surface area contributed by atoms with Crippen molar-refractivity contribution in [1.82, 2.24) is 15.5 Å². The van der Waals surface area contributed by atoms with Gasteiger partial charge in [0.05, 0.1) is 11.4 Å². The summed E-state index contributed by atoms with van der Waals surface area (Å²) < 4.78 is 10.2. The molecule has 2 aromatic heterocycles. The van der Waals surface area contributed by atoms with E-state index in [1.54, 1.807) is 4.90 Å². The molecule has 0 aliphatic carbocycles. The van der Waals surface area contributed by atoms with Gasteiger partial charge in [0, 0.05) is 25.1 Å². The van der Waals surface area contributed by atoms with Gasteiger partial charge in [0.2, 0.25) is 17.6 Å². The molecule has 9 heteroatoms. The molecule has 144 valence electrons. The lowest BCUT2D eigenvalue weighted by Gasteiger charge is -2.14. The minimum absolute atomic E-state index is 0.109. The summed E-state index contributed by atoms with van der Waals surface area (Å²) in [5.74, 6) is 0.873. The summed E-state index contributed by atoms with van der Waals surface area (Å²) in [6, 6.07) is 11.3. The predicted molar refractivity (Wildman–Crippen MR) is 103 cm³/mol. The highest BCUT2D eigenvalue weighted by molar-refractivity contribution is 7.13. The normalized spacial score (nSPS) is 13.6. The average molecular weight is 398 g/mol. The van der Waals surface area contributed by atoms with Crippen LogP contribution in [0.15, 0.2) is 46.3 Å². The van der Waals surface area contributed by atoms with E-state index in [0.717, 1.165) is 16.1 Å². The van der Waals surface area contributed by atoms with Crippen molar-refractivity contribution in [3.05, 3.63) is 53.2 Å². The Morgan fingerprint density at radius 3 is 3.00 bits per heavy atom. The van der Waals surface area contributed by atoms with Crippen LogP contribution in [-0.2, 0) is 22.5 Å². The molecule has 1 aliphatic rings. The van der Waals surface area contributed by atoms with Crippen LogP contribution in [0.2, 0.25) is 0 Å². The van der Waals surface area contributed by atoms with Gasteiger partial charge in [-0.25, -0.2) is 4.79 Å². The van der Waals surface area contributed by atoms with Crippen LogP contribution in [0.5, 0.6) is 0 Å². The largest absolute Gasteiger partial charge is 0.447 e. The molecule has 1 saturated heterocycles. The Morgan fingerprint density at radius 2 is 2.21 bits per heavy atom. The molecule has 0 spiro atoms. The summed E-state index contributed by atoms with van der Waals surface area (Å²) in [7, 11) is 0. The average Bonchev–Trinajstić information content (AvgIpc) is 3.46. The number of hydrogen-bond donors (Lipinski definition) is 1. The highest BCUT2D eigenvalue weighted by Gasteiger charge is 2.23. The van der Waals surface area contributed by atoms with Crippen LogP contribution >= 0.6 is 11.3 Å². The van der Waals surface area contributed by atoms with Gasteiger partial charge in [-0.2, -0.15) is 4.98 Å². The first kappa shape index (κ1) is 18.2. The Kier molecular flexibility index (Phi) is 5.34. The van der Waals surface area contributed by atoms with Crippen molar-refractivity contribution in [3.63, 3.8) is 0 Å². The molecular formula is C19H18N4O4S. The molecule has 8 nitrogen and oxygen atoms in total. The number of hydrogen-bond acceptors (Lipinski definition) is 7. The van der Waals surface area contributed by atoms with Gasteiger partial charge in [0.25, 0.3) is 0 Å². The lowest BCUT2D eigenvalue weighted by atomic mass is 10.2. The number of nitrogens with one attached hydrogen (secondary N) is 1. The van der Waals surface area contributed by atoms with Crippen LogP contribution in [0.25, 0.3) is 10.7 Å². The molecule has 1 N–H and O–H groups in total. The van der Waals surface area contributed by atoms with Crippen molar-refractivity contribution in [1.29, 1.82) is 0 Å². The maximum atomic E-state index is 12.1. The number of ether oxygens (including phenoxy) is 1. The van der Waals surface area contributed by atoms with Crippen molar-refractivity contribution in [3.8, 4) is 10.7 Å². The summed E-state index contributed by atoms with van der Waals surface area (Å²) in [5.41, 5.74) is 1.67. The number of nitrogens with zero attached hydrogens (tertiary/aromatic N) is 3. The molecule has 1 aromatic carbocycles. The third-order valence-electron chi connectivity index (χ3n) is 4.25. The van der Waals surface area contributed by atoms with Crippen molar-refractivity contribution in [2.45, 2.75) is 19.4 Å². The van der Waals surface area contributed by atoms with E-state index in [-0.39, 0.29) is 18.4 Å². The molecule has 0 bridgehead atoms. The number of carbonyl (C=O) groups is 2. The monoisotopic (exact) mass is 398 g/mol. The second-order valence-corrected chi connectivity index (χ2v) is 7.15. The summed E-state index contributed by atoms with van der Waals surface area (Å²) in [6.07, 6.45) is 0.288. The van der Waals surface area contributed by atoms with Crippen molar-refractivity contribution in [2.75, 3.05) is 18.1 Å². The van der Waals surface area contributed by atoms with E-state index in [9.17, 15) is 9.59 Å². The summed E-state index contributed by atoms with van der Waals surface area (Å²) >= 11 is 1.53. The number of benzene rings is 1. The van der Waals surface area contributed by atoms with Gasteiger partial charge in [-0.3, -0.25) is 9.69 Å². The first-order chi connectivity index (χ1) is 13.7.